The van der Waals surface area contributed by atoms with E-state index in [1.165, 1.54) is 0 Å². The molecule has 2 aliphatic heterocycles. The predicted octanol–water partition coefficient (Wildman–Crippen LogP) is 1.64. The highest BCUT2D eigenvalue weighted by molar-refractivity contribution is 5.97. The lowest BCUT2D eigenvalue weighted by Gasteiger charge is -2.42. The lowest BCUT2D eigenvalue weighted by atomic mass is 10.0. The number of amides is 2. The van der Waals surface area contributed by atoms with E-state index in [4.69, 9.17) is 0 Å². The summed E-state index contributed by atoms with van der Waals surface area (Å²) in [6, 6.07) is -0.377. The Morgan fingerprint density at radius 1 is 1.28 bits per heavy atom. The van der Waals surface area contributed by atoms with Crippen molar-refractivity contribution in [2.75, 3.05) is 13.1 Å². The first-order chi connectivity index (χ1) is 8.56. The first kappa shape index (κ1) is 13.4. The number of hydrogen-bond donors (Lipinski definition) is 0. The Kier molecular flexibility index (Phi) is 3.93. The standard InChI is InChI=1S/C14H24N2O2/c1-4-11-13(17)15-8-5-6-12(15)14(18)16(11)9-7-10(2)3/h10-12H,4-9H2,1-3H3. The number of fused-ring (bicyclic) bond motifs is 1. The number of nitrogens with zero attached hydrogens (tertiary/aromatic N) is 2. The zero-order valence-corrected chi connectivity index (χ0v) is 11.7. The minimum absolute atomic E-state index is 0.160. The van der Waals surface area contributed by atoms with Gasteiger partial charge in [0.15, 0.2) is 0 Å². The molecular weight excluding hydrogens is 228 g/mol. The largest absolute Gasteiger partial charge is 0.329 e. The summed E-state index contributed by atoms with van der Waals surface area (Å²) in [5, 5.41) is 0. The Morgan fingerprint density at radius 2 is 2.00 bits per heavy atom. The number of piperazine rings is 1. The molecule has 2 rings (SSSR count). The second-order valence-corrected chi connectivity index (χ2v) is 5.83. The zero-order chi connectivity index (χ0) is 13.3. The Balaban J connectivity index is 2.15. The lowest BCUT2D eigenvalue weighted by Crippen LogP contribution is -2.62. The maximum atomic E-state index is 12.5. The molecule has 2 amide bonds. The van der Waals surface area contributed by atoms with Gasteiger partial charge in [0.2, 0.25) is 11.8 Å². The lowest BCUT2D eigenvalue weighted by molar-refractivity contribution is -0.159. The molecule has 4 heteroatoms. The van der Waals surface area contributed by atoms with Gasteiger partial charge in [0.05, 0.1) is 0 Å². The van der Waals surface area contributed by atoms with E-state index in [0.717, 1.165) is 38.8 Å². The zero-order valence-electron chi connectivity index (χ0n) is 11.7. The van der Waals surface area contributed by atoms with E-state index < -0.39 is 0 Å². The molecule has 0 aromatic carbocycles. The normalized spacial score (nSPS) is 28.2. The van der Waals surface area contributed by atoms with Crippen molar-refractivity contribution < 1.29 is 9.59 Å². The van der Waals surface area contributed by atoms with Crippen molar-refractivity contribution in [1.29, 1.82) is 0 Å². The molecule has 0 aromatic rings. The van der Waals surface area contributed by atoms with E-state index in [0.29, 0.717) is 5.92 Å². The smallest absolute Gasteiger partial charge is 0.246 e. The molecular formula is C14H24N2O2. The van der Waals surface area contributed by atoms with Gasteiger partial charge in [-0.05, 0) is 31.6 Å². The van der Waals surface area contributed by atoms with E-state index in [1.807, 2.05) is 16.7 Å². The third-order valence-corrected chi connectivity index (χ3v) is 4.10. The van der Waals surface area contributed by atoms with Crippen LogP contribution in [0.5, 0.6) is 0 Å². The Labute approximate surface area is 109 Å². The highest BCUT2D eigenvalue weighted by Gasteiger charge is 2.46. The van der Waals surface area contributed by atoms with Gasteiger partial charge < -0.3 is 9.80 Å². The highest BCUT2D eigenvalue weighted by Crippen LogP contribution is 2.28. The van der Waals surface area contributed by atoms with Crippen LogP contribution in [0.4, 0.5) is 0 Å². The van der Waals surface area contributed by atoms with Crippen LogP contribution in [0.15, 0.2) is 0 Å². The quantitative estimate of drug-likeness (QED) is 0.763. The molecule has 2 saturated heterocycles. The number of hydrogen-bond acceptors (Lipinski definition) is 2. The summed E-state index contributed by atoms with van der Waals surface area (Å²) >= 11 is 0. The summed E-state index contributed by atoms with van der Waals surface area (Å²) in [4.78, 5) is 28.5. The van der Waals surface area contributed by atoms with Crippen LogP contribution in [0.2, 0.25) is 0 Å². The Bertz CT molecular complexity index is 341. The van der Waals surface area contributed by atoms with Crippen LogP contribution in [0.3, 0.4) is 0 Å². The molecule has 2 unspecified atom stereocenters. The molecule has 0 N–H and O–H groups in total. The molecule has 2 heterocycles. The summed E-state index contributed by atoms with van der Waals surface area (Å²) in [5.41, 5.74) is 0. The van der Waals surface area contributed by atoms with Crippen molar-refractivity contribution in [2.45, 2.75) is 58.5 Å². The Hall–Kier alpha value is -1.06. The van der Waals surface area contributed by atoms with Crippen molar-refractivity contribution in [3.8, 4) is 0 Å². The molecule has 2 atom stereocenters. The first-order valence-electron chi connectivity index (χ1n) is 7.17. The Morgan fingerprint density at radius 3 is 2.61 bits per heavy atom. The van der Waals surface area contributed by atoms with E-state index in [9.17, 15) is 9.59 Å². The van der Waals surface area contributed by atoms with Gasteiger partial charge in [-0.25, -0.2) is 0 Å². The minimum atomic E-state index is -0.217. The van der Waals surface area contributed by atoms with Gasteiger partial charge >= 0.3 is 0 Å². The molecule has 18 heavy (non-hydrogen) atoms. The fourth-order valence-electron chi connectivity index (χ4n) is 3.02. The molecule has 0 saturated carbocycles. The molecule has 0 aromatic heterocycles. The van der Waals surface area contributed by atoms with Crippen LogP contribution in [-0.4, -0.2) is 46.8 Å². The third kappa shape index (κ3) is 2.25. The summed E-state index contributed by atoms with van der Waals surface area (Å²) < 4.78 is 0. The molecule has 0 bridgehead atoms. The van der Waals surface area contributed by atoms with Crippen molar-refractivity contribution in [3.63, 3.8) is 0 Å². The topological polar surface area (TPSA) is 40.6 Å². The highest BCUT2D eigenvalue weighted by atomic mass is 16.2. The predicted molar refractivity (Wildman–Crippen MR) is 70.0 cm³/mol. The SMILES string of the molecule is CCC1C(=O)N2CCCC2C(=O)N1CCC(C)C. The van der Waals surface area contributed by atoms with Crippen molar-refractivity contribution in [3.05, 3.63) is 0 Å². The summed E-state index contributed by atoms with van der Waals surface area (Å²) in [6.45, 7) is 7.79. The van der Waals surface area contributed by atoms with E-state index >= 15 is 0 Å². The average molecular weight is 252 g/mol. The average Bonchev–Trinajstić information content (AvgIpc) is 2.81. The summed E-state index contributed by atoms with van der Waals surface area (Å²) in [6.07, 6.45) is 3.52. The molecule has 2 aliphatic rings. The van der Waals surface area contributed by atoms with Gasteiger partial charge in [0.1, 0.15) is 12.1 Å². The van der Waals surface area contributed by atoms with Crippen LogP contribution in [0, 0.1) is 5.92 Å². The van der Waals surface area contributed by atoms with Crippen LogP contribution < -0.4 is 0 Å². The number of rotatable bonds is 4. The first-order valence-corrected chi connectivity index (χ1v) is 7.17. The van der Waals surface area contributed by atoms with Gasteiger partial charge in [-0.1, -0.05) is 20.8 Å². The van der Waals surface area contributed by atoms with Crippen LogP contribution in [0.1, 0.15) is 46.5 Å². The van der Waals surface area contributed by atoms with Crippen LogP contribution in [-0.2, 0) is 9.59 Å². The third-order valence-electron chi connectivity index (χ3n) is 4.10. The maximum Gasteiger partial charge on any atom is 0.246 e. The van der Waals surface area contributed by atoms with Crippen LogP contribution in [0.25, 0.3) is 0 Å². The molecule has 2 fully saturated rings. The molecule has 102 valence electrons. The summed E-state index contributed by atoms with van der Waals surface area (Å²) in [5.74, 6) is 0.912. The molecule has 0 aliphatic carbocycles. The van der Waals surface area contributed by atoms with E-state index in [2.05, 4.69) is 13.8 Å². The second-order valence-electron chi connectivity index (χ2n) is 5.83. The van der Waals surface area contributed by atoms with Gasteiger partial charge in [0, 0.05) is 13.1 Å². The van der Waals surface area contributed by atoms with Crippen LogP contribution >= 0.6 is 0 Å². The van der Waals surface area contributed by atoms with Gasteiger partial charge in [-0.2, -0.15) is 0 Å². The molecule has 0 radical (unpaired) electrons. The van der Waals surface area contributed by atoms with Gasteiger partial charge in [-0.3, -0.25) is 9.59 Å². The molecule has 0 spiro atoms. The number of carbonyl (C=O) groups excluding carboxylic acids is 2. The monoisotopic (exact) mass is 252 g/mol. The molecule has 4 nitrogen and oxygen atoms in total. The van der Waals surface area contributed by atoms with Crippen molar-refractivity contribution in [2.24, 2.45) is 5.92 Å². The number of carbonyl (C=O) groups is 2. The van der Waals surface area contributed by atoms with Crippen molar-refractivity contribution >= 4 is 11.8 Å². The fourth-order valence-corrected chi connectivity index (χ4v) is 3.02. The second kappa shape index (κ2) is 5.29. The van der Waals surface area contributed by atoms with E-state index in [1.54, 1.807) is 0 Å². The van der Waals surface area contributed by atoms with Gasteiger partial charge in [0.25, 0.3) is 0 Å². The van der Waals surface area contributed by atoms with E-state index in [-0.39, 0.29) is 23.9 Å². The fraction of sp³-hybridized carbons (Fsp3) is 0.857. The maximum absolute atomic E-state index is 12.5. The van der Waals surface area contributed by atoms with Gasteiger partial charge in [-0.15, -0.1) is 0 Å². The van der Waals surface area contributed by atoms with Crippen molar-refractivity contribution in [1.82, 2.24) is 9.80 Å². The summed E-state index contributed by atoms with van der Waals surface area (Å²) in [7, 11) is 0. The minimum Gasteiger partial charge on any atom is -0.329 e.